The Kier molecular flexibility index (Phi) is 4.90. The van der Waals surface area contributed by atoms with Crippen LogP contribution in [0.5, 0.6) is 0 Å². The largest absolute Gasteiger partial charge is 0.229 e. The van der Waals surface area contributed by atoms with Crippen LogP contribution in [0.3, 0.4) is 0 Å². The molecule has 0 aliphatic heterocycles. The lowest BCUT2D eigenvalue weighted by Crippen LogP contribution is -2.04. The van der Waals surface area contributed by atoms with Crippen molar-refractivity contribution in [2.24, 2.45) is 0 Å². The van der Waals surface area contributed by atoms with E-state index in [9.17, 15) is 8.42 Å². The maximum absolute atomic E-state index is 10.5. The second-order valence-corrected chi connectivity index (χ2v) is 6.11. The lowest BCUT2D eigenvalue weighted by molar-refractivity contribution is 0.603. The highest BCUT2D eigenvalue weighted by Gasteiger charge is 1.99. The Bertz CT molecular complexity index is 152. The van der Waals surface area contributed by atoms with Gasteiger partial charge < -0.3 is 0 Å². The number of hydrogen-bond donors (Lipinski definition) is 0. The van der Waals surface area contributed by atoms with Crippen LogP contribution < -0.4 is 0 Å². The summed E-state index contributed by atoms with van der Waals surface area (Å²) in [5.74, 6) is 1.01. The fourth-order valence-corrected chi connectivity index (χ4v) is 2.64. The van der Waals surface area contributed by atoms with Crippen molar-refractivity contribution in [1.29, 1.82) is 0 Å². The van der Waals surface area contributed by atoms with E-state index in [4.69, 9.17) is 0 Å². The molecule has 0 N–H and O–H groups in total. The molecule has 0 aromatic heterocycles. The van der Waals surface area contributed by atoms with Crippen molar-refractivity contribution < 1.29 is 8.42 Å². The highest BCUT2D eigenvalue weighted by molar-refractivity contribution is 8.03. The minimum absolute atomic E-state index is 0.298. The van der Waals surface area contributed by atoms with Crippen LogP contribution in [-0.2, 0) is 9.84 Å². The van der Waals surface area contributed by atoms with Gasteiger partial charge in [0.25, 0.3) is 0 Å². The third-order valence-electron chi connectivity index (χ3n) is 0.716. The lowest BCUT2D eigenvalue weighted by atomic mass is 11.0. The van der Waals surface area contributed by atoms with Crippen LogP contribution in [-0.4, -0.2) is 31.7 Å². The van der Waals surface area contributed by atoms with Crippen molar-refractivity contribution in [2.75, 3.05) is 23.3 Å². The van der Waals surface area contributed by atoms with Crippen molar-refractivity contribution in [3.8, 4) is 0 Å². The summed E-state index contributed by atoms with van der Waals surface area (Å²) < 4.78 is 21.0. The van der Waals surface area contributed by atoms with Crippen LogP contribution >= 0.6 is 21.0 Å². The molecule has 0 aromatic carbocycles. The van der Waals surface area contributed by atoms with Crippen molar-refractivity contribution in [2.45, 2.75) is 0 Å². The van der Waals surface area contributed by atoms with Gasteiger partial charge in [-0.25, -0.2) is 8.42 Å². The van der Waals surface area contributed by atoms with Gasteiger partial charge in [-0.05, 0) is 0 Å². The van der Waals surface area contributed by atoms with Crippen LogP contribution in [0, 0.1) is 0 Å². The molecule has 0 radical (unpaired) electrons. The van der Waals surface area contributed by atoms with E-state index >= 15 is 0 Å². The molecule has 5 heteroatoms. The van der Waals surface area contributed by atoms with E-state index in [1.54, 1.807) is 11.8 Å². The molecule has 0 heterocycles. The number of sulfone groups is 1. The summed E-state index contributed by atoms with van der Waals surface area (Å²) in [6.45, 7) is 0. The van der Waals surface area contributed by atoms with Crippen LogP contribution in [0.25, 0.3) is 0 Å². The van der Waals surface area contributed by atoms with Crippen LogP contribution in [0.1, 0.15) is 0 Å². The zero-order chi connectivity index (χ0) is 7.33. The average molecular weight is 186 g/mol. The van der Waals surface area contributed by atoms with Gasteiger partial charge in [0.1, 0.15) is 9.84 Å². The van der Waals surface area contributed by atoms with Gasteiger partial charge in [-0.2, -0.15) is 11.8 Å². The van der Waals surface area contributed by atoms with E-state index in [2.05, 4.69) is 9.24 Å². The molecule has 0 amide bonds. The molecular weight excluding hydrogens is 175 g/mol. The van der Waals surface area contributed by atoms with E-state index in [1.807, 2.05) is 0 Å². The Morgan fingerprint density at radius 1 is 1.56 bits per heavy atom. The molecule has 1 unspecified atom stereocenters. The van der Waals surface area contributed by atoms with Crippen LogP contribution in [0.4, 0.5) is 0 Å². The van der Waals surface area contributed by atoms with Crippen LogP contribution in [0.2, 0.25) is 0 Å². The normalized spacial score (nSPS) is 11.8. The summed E-state index contributed by atoms with van der Waals surface area (Å²) in [6, 6.07) is 0. The molecule has 0 aliphatic carbocycles. The maximum Gasteiger partial charge on any atom is 0.148 e. The van der Waals surface area contributed by atoms with E-state index in [-0.39, 0.29) is 0 Å². The Hall–Kier alpha value is 0.730. The SMILES string of the molecule is CS(=O)(=O)CCSCP. The first kappa shape index (κ1) is 9.73. The Balaban J connectivity index is 3.30. The molecule has 0 saturated carbocycles. The Morgan fingerprint density at radius 3 is 2.44 bits per heavy atom. The second-order valence-electron chi connectivity index (χ2n) is 1.70. The van der Waals surface area contributed by atoms with Crippen LogP contribution in [0.15, 0.2) is 0 Å². The van der Waals surface area contributed by atoms with Crippen molar-refractivity contribution in [3.05, 3.63) is 0 Å². The highest BCUT2D eigenvalue weighted by Crippen LogP contribution is 2.04. The second kappa shape index (κ2) is 4.53. The summed E-state index contributed by atoms with van der Waals surface area (Å²) >= 11 is 1.62. The summed E-state index contributed by atoms with van der Waals surface area (Å²) in [6.07, 6.45) is 1.26. The molecule has 0 aliphatic rings. The van der Waals surface area contributed by atoms with Crippen molar-refractivity contribution in [3.63, 3.8) is 0 Å². The smallest absolute Gasteiger partial charge is 0.148 e. The van der Waals surface area contributed by atoms with Gasteiger partial charge in [0.2, 0.25) is 0 Å². The number of rotatable bonds is 4. The first-order valence-electron chi connectivity index (χ1n) is 2.52. The maximum atomic E-state index is 10.5. The molecule has 0 rings (SSSR count). The molecule has 1 atom stereocenters. The topological polar surface area (TPSA) is 34.1 Å². The minimum atomic E-state index is -2.73. The molecule has 0 spiro atoms. The first-order chi connectivity index (χ1) is 4.06. The Labute approximate surface area is 62.9 Å². The summed E-state index contributed by atoms with van der Waals surface area (Å²) in [7, 11) is -0.188. The van der Waals surface area contributed by atoms with Gasteiger partial charge >= 0.3 is 0 Å². The van der Waals surface area contributed by atoms with Crippen molar-refractivity contribution >= 4 is 30.8 Å². The lowest BCUT2D eigenvalue weighted by Gasteiger charge is -1.94. The molecule has 9 heavy (non-hydrogen) atoms. The Morgan fingerprint density at radius 2 is 2.11 bits per heavy atom. The zero-order valence-corrected chi connectivity index (χ0v) is 8.12. The third-order valence-corrected chi connectivity index (χ3v) is 3.36. The van der Waals surface area contributed by atoms with Gasteiger partial charge in [0.05, 0.1) is 5.75 Å². The molecular formula is C4H11O2PS2. The highest BCUT2D eigenvalue weighted by atomic mass is 32.2. The number of hydrogen-bond acceptors (Lipinski definition) is 3. The van der Waals surface area contributed by atoms with Gasteiger partial charge in [-0.1, -0.05) is 0 Å². The molecule has 0 bridgehead atoms. The predicted octanol–water partition coefficient (Wildman–Crippen LogP) is 0.597. The fraction of sp³-hybridized carbons (Fsp3) is 1.00. The molecule has 0 fully saturated rings. The minimum Gasteiger partial charge on any atom is -0.229 e. The standard InChI is InChI=1S/C4H11O2PS2/c1-9(5,6)3-2-8-4-7/h2-4,7H2,1H3. The van der Waals surface area contributed by atoms with Gasteiger partial charge in [0.15, 0.2) is 0 Å². The summed E-state index contributed by atoms with van der Waals surface area (Å²) in [4.78, 5) is 0. The predicted molar refractivity (Wildman–Crippen MR) is 46.7 cm³/mol. The fourth-order valence-electron chi connectivity index (χ4n) is 0.294. The van der Waals surface area contributed by atoms with Crippen molar-refractivity contribution in [1.82, 2.24) is 0 Å². The first-order valence-corrected chi connectivity index (χ1v) is 6.55. The molecule has 2 nitrogen and oxygen atoms in total. The summed E-state index contributed by atoms with van der Waals surface area (Å²) in [5, 5.41) is 0. The quantitative estimate of drug-likeness (QED) is 0.476. The van der Waals surface area contributed by atoms with E-state index in [0.717, 1.165) is 5.49 Å². The number of thioether (sulfide) groups is 1. The average Bonchev–Trinajstić information content (AvgIpc) is 1.63. The zero-order valence-electron chi connectivity index (χ0n) is 5.33. The van der Waals surface area contributed by atoms with Gasteiger partial charge in [0, 0.05) is 17.5 Å². The molecule has 0 saturated heterocycles. The molecule has 56 valence electrons. The van der Waals surface area contributed by atoms with Gasteiger partial charge in [-0.3, -0.25) is 0 Å². The molecule has 0 aromatic rings. The van der Waals surface area contributed by atoms with E-state index in [1.165, 1.54) is 6.26 Å². The third kappa shape index (κ3) is 8.73. The van der Waals surface area contributed by atoms with E-state index in [0.29, 0.717) is 11.5 Å². The van der Waals surface area contributed by atoms with E-state index < -0.39 is 9.84 Å². The van der Waals surface area contributed by atoms with Gasteiger partial charge in [-0.15, -0.1) is 9.24 Å². The summed E-state index contributed by atoms with van der Waals surface area (Å²) in [5.41, 5.74) is 0.912. The monoisotopic (exact) mass is 186 g/mol.